The third-order valence-corrected chi connectivity index (χ3v) is 3.80. The largest absolute Gasteiger partial charge is 0.393 e. The first-order chi connectivity index (χ1) is 6.09. The summed E-state index contributed by atoms with van der Waals surface area (Å²) in [6.07, 6.45) is 1.45. The minimum absolute atomic E-state index is 0.199. The lowest BCUT2D eigenvalue weighted by Crippen LogP contribution is -2.12. The fraction of sp³-hybridized carbons (Fsp3) is 0.600. The second-order valence-electron chi connectivity index (χ2n) is 3.68. The highest BCUT2D eigenvalue weighted by atomic mass is 79.9. The van der Waals surface area contributed by atoms with Crippen LogP contribution in [-0.2, 0) is 6.42 Å². The fourth-order valence-corrected chi connectivity index (χ4v) is 2.90. The summed E-state index contributed by atoms with van der Waals surface area (Å²) in [6.45, 7) is 4.26. The summed E-state index contributed by atoms with van der Waals surface area (Å²) < 4.78 is 1.13. The maximum atomic E-state index is 9.70. The number of hydrogen-bond donors (Lipinski definition) is 1. The van der Waals surface area contributed by atoms with Gasteiger partial charge in [0.05, 0.1) is 6.10 Å². The third kappa shape index (κ3) is 3.79. The third-order valence-electron chi connectivity index (χ3n) is 1.86. The Balaban J connectivity index is 2.45. The molecule has 1 heterocycles. The SMILES string of the molecule is CC(C)CC(O)Cc1sccc1Br. The van der Waals surface area contributed by atoms with Crippen molar-refractivity contribution in [2.24, 2.45) is 5.92 Å². The average molecular weight is 263 g/mol. The lowest BCUT2D eigenvalue weighted by atomic mass is 10.0. The van der Waals surface area contributed by atoms with Gasteiger partial charge in [0.2, 0.25) is 0 Å². The number of thiophene rings is 1. The highest BCUT2D eigenvalue weighted by Gasteiger charge is 2.10. The second kappa shape index (κ2) is 5.13. The summed E-state index contributed by atoms with van der Waals surface area (Å²) in [7, 11) is 0. The van der Waals surface area contributed by atoms with E-state index in [-0.39, 0.29) is 6.10 Å². The van der Waals surface area contributed by atoms with E-state index in [9.17, 15) is 5.11 Å². The van der Waals surface area contributed by atoms with Crippen molar-refractivity contribution >= 4 is 27.3 Å². The molecular weight excluding hydrogens is 248 g/mol. The normalized spacial score (nSPS) is 13.6. The maximum absolute atomic E-state index is 9.70. The van der Waals surface area contributed by atoms with E-state index < -0.39 is 0 Å². The van der Waals surface area contributed by atoms with Crippen molar-refractivity contribution in [2.75, 3.05) is 0 Å². The molecule has 1 atom stereocenters. The first-order valence-electron chi connectivity index (χ1n) is 4.49. The maximum Gasteiger partial charge on any atom is 0.0591 e. The lowest BCUT2D eigenvalue weighted by molar-refractivity contribution is 0.150. The number of halogens is 1. The minimum Gasteiger partial charge on any atom is -0.393 e. The molecule has 0 saturated carbocycles. The molecule has 0 aromatic carbocycles. The number of aliphatic hydroxyl groups is 1. The molecule has 0 radical (unpaired) electrons. The van der Waals surface area contributed by atoms with Crippen LogP contribution in [0.15, 0.2) is 15.9 Å². The van der Waals surface area contributed by atoms with Gasteiger partial charge >= 0.3 is 0 Å². The van der Waals surface area contributed by atoms with Crippen molar-refractivity contribution in [3.63, 3.8) is 0 Å². The van der Waals surface area contributed by atoms with Crippen LogP contribution in [0.4, 0.5) is 0 Å². The van der Waals surface area contributed by atoms with Gasteiger partial charge in [0.25, 0.3) is 0 Å². The van der Waals surface area contributed by atoms with E-state index in [1.165, 1.54) is 4.88 Å². The Hall–Kier alpha value is 0.140. The zero-order valence-corrected chi connectivity index (χ0v) is 10.4. The van der Waals surface area contributed by atoms with Gasteiger partial charge < -0.3 is 5.11 Å². The highest BCUT2D eigenvalue weighted by Crippen LogP contribution is 2.25. The van der Waals surface area contributed by atoms with Crippen molar-refractivity contribution < 1.29 is 5.11 Å². The van der Waals surface area contributed by atoms with Gasteiger partial charge in [-0.3, -0.25) is 0 Å². The van der Waals surface area contributed by atoms with Gasteiger partial charge in [-0.05, 0) is 39.7 Å². The molecule has 0 aliphatic rings. The first kappa shape index (κ1) is 11.2. The summed E-state index contributed by atoms with van der Waals surface area (Å²) in [5.41, 5.74) is 0. The molecule has 0 spiro atoms. The van der Waals surface area contributed by atoms with Crippen LogP contribution < -0.4 is 0 Å². The number of rotatable bonds is 4. The van der Waals surface area contributed by atoms with Crippen LogP contribution in [0.1, 0.15) is 25.1 Å². The van der Waals surface area contributed by atoms with E-state index in [0.29, 0.717) is 5.92 Å². The van der Waals surface area contributed by atoms with Crippen LogP contribution in [0.3, 0.4) is 0 Å². The van der Waals surface area contributed by atoms with Gasteiger partial charge in [0, 0.05) is 15.8 Å². The topological polar surface area (TPSA) is 20.2 Å². The molecule has 1 rings (SSSR count). The Morgan fingerprint density at radius 2 is 2.23 bits per heavy atom. The molecule has 0 bridgehead atoms. The predicted molar refractivity (Wildman–Crippen MR) is 61.2 cm³/mol. The van der Waals surface area contributed by atoms with Crippen molar-refractivity contribution in [2.45, 2.75) is 32.8 Å². The average Bonchev–Trinajstić information content (AvgIpc) is 2.34. The monoisotopic (exact) mass is 262 g/mol. The molecule has 0 aliphatic heterocycles. The molecule has 0 saturated heterocycles. The zero-order chi connectivity index (χ0) is 9.84. The first-order valence-corrected chi connectivity index (χ1v) is 6.16. The van der Waals surface area contributed by atoms with E-state index in [2.05, 4.69) is 29.8 Å². The lowest BCUT2D eigenvalue weighted by Gasteiger charge is -2.11. The van der Waals surface area contributed by atoms with Crippen LogP contribution in [-0.4, -0.2) is 11.2 Å². The molecule has 0 amide bonds. The van der Waals surface area contributed by atoms with Crippen molar-refractivity contribution in [3.05, 3.63) is 20.8 Å². The Bertz CT molecular complexity index is 257. The molecule has 1 unspecified atom stereocenters. The highest BCUT2D eigenvalue weighted by molar-refractivity contribution is 9.10. The summed E-state index contributed by atoms with van der Waals surface area (Å²) >= 11 is 5.16. The molecule has 13 heavy (non-hydrogen) atoms. The van der Waals surface area contributed by atoms with Gasteiger partial charge in [0.15, 0.2) is 0 Å². The van der Waals surface area contributed by atoms with E-state index in [1.54, 1.807) is 11.3 Å². The zero-order valence-electron chi connectivity index (χ0n) is 7.96. The molecule has 1 aromatic rings. The molecule has 1 aromatic heterocycles. The van der Waals surface area contributed by atoms with Gasteiger partial charge in [-0.15, -0.1) is 11.3 Å². The summed E-state index contributed by atoms with van der Waals surface area (Å²) in [6, 6.07) is 2.03. The van der Waals surface area contributed by atoms with E-state index in [1.807, 2.05) is 11.4 Å². The summed E-state index contributed by atoms with van der Waals surface area (Å²) in [5.74, 6) is 0.564. The van der Waals surface area contributed by atoms with Crippen LogP contribution in [0.2, 0.25) is 0 Å². The van der Waals surface area contributed by atoms with Crippen molar-refractivity contribution in [3.8, 4) is 0 Å². The van der Waals surface area contributed by atoms with Gasteiger partial charge in [0.1, 0.15) is 0 Å². The van der Waals surface area contributed by atoms with E-state index in [4.69, 9.17) is 0 Å². The van der Waals surface area contributed by atoms with Gasteiger partial charge in [-0.1, -0.05) is 13.8 Å². The minimum atomic E-state index is -0.199. The number of aliphatic hydroxyl groups excluding tert-OH is 1. The van der Waals surface area contributed by atoms with E-state index in [0.717, 1.165) is 17.3 Å². The quantitative estimate of drug-likeness (QED) is 0.882. The molecule has 1 N–H and O–H groups in total. The molecule has 74 valence electrons. The molecule has 0 aliphatic carbocycles. The molecular formula is C10H15BrOS. The van der Waals surface area contributed by atoms with Gasteiger partial charge in [-0.2, -0.15) is 0 Å². The van der Waals surface area contributed by atoms with E-state index >= 15 is 0 Å². The molecule has 0 fully saturated rings. The predicted octanol–water partition coefficient (Wildman–Crippen LogP) is 3.46. The van der Waals surface area contributed by atoms with Crippen LogP contribution in [0, 0.1) is 5.92 Å². The Labute approximate surface area is 91.9 Å². The van der Waals surface area contributed by atoms with Crippen LogP contribution >= 0.6 is 27.3 Å². The standard InChI is InChI=1S/C10H15BrOS/c1-7(2)5-8(12)6-10-9(11)3-4-13-10/h3-4,7-8,12H,5-6H2,1-2H3. The Kier molecular flexibility index (Phi) is 4.42. The number of hydrogen-bond acceptors (Lipinski definition) is 2. The Morgan fingerprint density at radius 1 is 1.54 bits per heavy atom. The van der Waals surface area contributed by atoms with Crippen molar-refractivity contribution in [1.29, 1.82) is 0 Å². The molecule has 3 heteroatoms. The molecule has 1 nitrogen and oxygen atoms in total. The summed E-state index contributed by atoms with van der Waals surface area (Å²) in [5, 5.41) is 11.7. The van der Waals surface area contributed by atoms with Gasteiger partial charge in [-0.25, -0.2) is 0 Å². The van der Waals surface area contributed by atoms with Crippen LogP contribution in [0.5, 0.6) is 0 Å². The smallest absolute Gasteiger partial charge is 0.0591 e. The fourth-order valence-electron chi connectivity index (χ4n) is 1.31. The summed E-state index contributed by atoms with van der Waals surface area (Å²) in [4.78, 5) is 1.24. The Morgan fingerprint density at radius 3 is 2.69 bits per heavy atom. The second-order valence-corrected chi connectivity index (χ2v) is 5.53. The van der Waals surface area contributed by atoms with Crippen molar-refractivity contribution in [1.82, 2.24) is 0 Å². The van der Waals surface area contributed by atoms with Crippen LogP contribution in [0.25, 0.3) is 0 Å².